The Labute approximate surface area is 129 Å². The molecule has 0 aromatic carbocycles. The number of hydrogen-bond acceptors (Lipinski definition) is 3. The van der Waals surface area contributed by atoms with Crippen molar-refractivity contribution < 1.29 is 4.79 Å². The number of carbonyl (C=O) groups is 1. The molecular formula is C17H31N3O. The first-order chi connectivity index (χ1) is 9.70. The largest absolute Gasteiger partial charge is 0.354 e. The second-order valence-corrected chi connectivity index (χ2v) is 6.03. The summed E-state index contributed by atoms with van der Waals surface area (Å²) in [7, 11) is 0. The predicted molar refractivity (Wildman–Crippen MR) is 89.6 cm³/mol. The molecule has 1 saturated carbocycles. The summed E-state index contributed by atoms with van der Waals surface area (Å²) in [5.41, 5.74) is 1.19. The molecule has 0 radical (unpaired) electrons. The summed E-state index contributed by atoms with van der Waals surface area (Å²) in [5, 5.41) is 6.56. The molecule has 0 bridgehead atoms. The maximum atomic E-state index is 12.2. The minimum absolute atomic E-state index is 0. The Morgan fingerprint density at radius 1 is 1.38 bits per heavy atom. The van der Waals surface area contributed by atoms with Crippen LogP contribution in [-0.2, 0) is 4.79 Å². The van der Waals surface area contributed by atoms with Gasteiger partial charge in [0, 0.05) is 25.0 Å². The quantitative estimate of drug-likeness (QED) is 0.766. The SMILES string of the molecule is C.CC=N/C=C(\C)CCNC(=O)C1CC2CCCCC2N1. The Morgan fingerprint density at radius 2 is 2.14 bits per heavy atom. The number of aliphatic imine (C=N–C) groups is 1. The molecule has 2 aliphatic rings. The van der Waals surface area contributed by atoms with Crippen molar-refractivity contribution in [3.63, 3.8) is 0 Å². The third-order valence-corrected chi connectivity index (χ3v) is 4.44. The molecule has 1 aliphatic heterocycles. The molecule has 2 rings (SSSR count). The number of carbonyl (C=O) groups excluding carboxylic acids is 1. The summed E-state index contributed by atoms with van der Waals surface area (Å²) >= 11 is 0. The highest BCUT2D eigenvalue weighted by Crippen LogP contribution is 2.33. The fraction of sp³-hybridized carbons (Fsp3) is 0.765. The van der Waals surface area contributed by atoms with Gasteiger partial charge in [-0.3, -0.25) is 9.79 Å². The van der Waals surface area contributed by atoms with Crippen LogP contribution in [0.5, 0.6) is 0 Å². The van der Waals surface area contributed by atoms with Gasteiger partial charge in [-0.1, -0.05) is 25.8 Å². The van der Waals surface area contributed by atoms with E-state index in [1.165, 1.54) is 31.3 Å². The lowest BCUT2D eigenvalue weighted by molar-refractivity contribution is -0.122. The normalized spacial score (nSPS) is 29.0. The molecule has 4 nitrogen and oxygen atoms in total. The average Bonchev–Trinajstić information content (AvgIpc) is 2.89. The zero-order valence-corrected chi connectivity index (χ0v) is 12.7. The van der Waals surface area contributed by atoms with Crippen LogP contribution in [0.4, 0.5) is 0 Å². The average molecular weight is 293 g/mol. The summed E-state index contributed by atoms with van der Waals surface area (Å²) in [6, 6.07) is 0.612. The number of amides is 1. The molecule has 2 N–H and O–H groups in total. The predicted octanol–water partition coefficient (Wildman–Crippen LogP) is 3.04. The van der Waals surface area contributed by atoms with Crippen LogP contribution < -0.4 is 10.6 Å². The van der Waals surface area contributed by atoms with Crippen LogP contribution in [-0.4, -0.2) is 30.8 Å². The van der Waals surface area contributed by atoms with Crippen molar-refractivity contribution in [1.82, 2.24) is 10.6 Å². The lowest BCUT2D eigenvalue weighted by atomic mass is 9.85. The van der Waals surface area contributed by atoms with Gasteiger partial charge in [0.2, 0.25) is 5.91 Å². The molecule has 2 fully saturated rings. The number of nitrogens with one attached hydrogen (secondary N) is 2. The second kappa shape index (κ2) is 8.98. The van der Waals surface area contributed by atoms with E-state index in [1.807, 2.05) is 20.0 Å². The molecular weight excluding hydrogens is 262 g/mol. The van der Waals surface area contributed by atoms with Crippen molar-refractivity contribution in [3.05, 3.63) is 11.8 Å². The van der Waals surface area contributed by atoms with Crippen molar-refractivity contribution in [3.8, 4) is 0 Å². The van der Waals surface area contributed by atoms with E-state index in [9.17, 15) is 4.79 Å². The van der Waals surface area contributed by atoms with Crippen molar-refractivity contribution in [2.24, 2.45) is 10.9 Å². The van der Waals surface area contributed by atoms with Crippen LogP contribution in [0.1, 0.15) is 59.8 Å². The molecule has 4 heteroatoms. The number of rotatable bonds is 5. The Hall–Kier alpha value is -1.16. The number of fused-ring (bicyclic) bond motifs is 1. The van der Waals surface area contributed by atoms with Crippen LogP contribution in [0.25, 0.3) is 0 Å². The summed E-state index contributed by atoms with van der Waals surface area (Å²) in [6.07, 6.45) is 10.7. The molecule has 1 aliphatic carbocycles. The maximum Gasteiger partial charge on any atom is 0.237 e. The fourth-order valence-electron chi connectivity index (χ4n) is 3.29. The van der Waals surface area contributed by atoms with Gasteiger partial charge in [-0.25, -0.2) is 0 Å². The van der Waals surface area contributed by atoms with Crippen LogP contribution in [0.15, 0.2) is 16.8 Å². The van der Waals surface area contributed by atoms with Crippen LogP contribution in [0.2, 0.25) is 0 Å². The Balaban J connectivity index is 0.00000220. The smallest absolute Gasteiger partial charge is 0.237 e. The monoisotopic (exact) mass is 293 g/mol. The minimum atomic E-state index is 0. The van der Waals surface area contributed by atoms with Crippen LogP contribution >= 0.6 is 0 Å². The Kier molecular flexibility index (Phi) is 7.65. The maximum absolute atomic E-state index is 12.2. The summed E-state index contributed by atoms with van der Waals surface area (Å²) in [4.78, 5) is 16.2. The van der Waals surface area contributed by atoms with Gasteiger partial charge in [0.15, 0.2) is 0 Å². The highest BCUT2D eigenvalue weighted by atomic mass is 16.2. The van der Waals surface area contributed by atoms with E-state index in [1.54, 1.807) is 6.21 Å². The Morgan fingerprint density at radius 3 is 2.86 bits per heavy atom. The van der Waals surface area contributed by atoms with Crippen LogP contribution in [0.3, 0.4) is 0 Å². The van der Waals surface area contributed by atoms with Crippen molar-refractivity contribution in [2.75, 3.05) is 6.54 Å². The molecule has 0 aromatic rings. The third kappa shape index (κ3) is 5.27. The number of hydrogen-bond donors (Lipinski definition) is 2. The zero-order chi connectivity index (χ0) is 14.4. The minimum Gasteiger partial charge on any atom is -0.354 e. The van der Waals surface area contributed by atoms with Crippen LogP contribution in [0, 0.1) is 5.92 Å². The first-order valence-corrected chi connectivity index (χ1v) is 7.88. The Bertz CT molecular complexity index is 375. The lowest BCUT2D eigenvalue weighted by Gasteiger charge is -2.24. The van der Waals surface area contributed by atoms with Crippen molar-refractivity contribution in [2.45, 2.75) is 71.9 Å². The van der Waals surface area contributed by atoms with E-state index in [-0.39, 0.29) is 19.4 Å². The first-order valence-electron chi connectivity index (χ1n) is 7.88. The molecule has 3 unspecified atom stereocenters. The second-order valence-electron chi connectivity index (χ2n) is 6.03. The molecule has 0 aromatic heterocycles. The van der Waals surface area contributed by atoms with Gasteiger partial charge in [-0.05, 0) is 45.4 Å². The van der Waals surface area contributed by atoms with Gasteiger partial charge in [0.05, 0.1) is 6.04 Å². The molecule has 1 saturated heterocycles. The van der Waals surface area contributed by atoms with E-state index >= 15 is 0 Å². The molecule has 3 atom stereocenters. The van der Waals surface area contributed by atoms with E-state index in [4.69, 9.17) is 0 Å². The molecule has 21 heavy (non-hydrogen) atoms. The summed E-state index contributed by atoms with van der Waals surface area (Å²) < 4.78 is 0. The molecule has 1 amide bonds. The van der Waals surface area contributed by atoms with Gasteiger partial charge < -0.3 is 10.6 Å². The standard InChI is InChI=1S/C16H27N3O.CH4/c1-3-17-11-12(2)8-9-18-16(20)15-10-13-6-4-5-7-14(13)19-15;/h3,11,13-15,19H,4-10H2,1-2H3,(H,18,20);1H4/b12-11+,17-3?;. The highest BCUT2D eigenvalue weighted by Gasteiger charge is 2.37. The van der Waals surface area contributed by atoms with E-state index in [2.05, 4.69) is 15.6 Å². The number of nitrogens with zero attached hydrogens (tertiary/aromatic N) is 1. The lowest BCUT2D eigenvalue weighted by Crippen LogP contribution is -2.43. The fourth-order valence-corrected chi connectivity index (χ4v) is 3.29. The van der Waals surface area contributed by atoms with Crippen molar-refractivity contribution >= 4 is 12.1 Å². The van der Waals surface area contributed by atoms with E-state index in [0.29, 0.717) is 12.6 Å². The molecule has 1 heterocycles. The topological polar surface area (TPSA) is 53.5 Å². The van der Waals surface area contributed by atoms with Gasteiger partial charge in [0.25, 0.3) is 0 Å². The highest BCUT2D eigenvalue weighted by molar-refractivity contribution is 5.82. The van der Waals surface area contributed by atoms with Gasteiger partial charge in [-0.2, -0.15) is 0 Å². The molecule has 0 spiro atoms. The van der Waals surface area contributed by atoms with Gasteiger partial charge in [0.1, 0.15) is 0 Å². The van der Waals surface area contributed by atoms with E-state index < -0.39 is 0 Å². The molecule has 120 valence electrons. The van der Waals surface area contributed by atoms with Gasteiger partial charge >= 0.3 is 0 Å². The first kappa shape index (κ1) is 17.9. The summed E-state index contributed by atoms with van der Waals surface area (Å²) in [6.45, 7) is 4.65. The van der Waals surface area contributed by atoms with E-state index in [0.717, 1.165) is 18.8 Å². The third-order valence-electron chi connectivity index (χ3n) is 4.44. The zero-order valence-electron chi connectivity index (χ0n) is 12.7. The summed E-state index contributed by atoms with van der Waals surface area (Å²) in [5.74, 6) is 0.895. The van der Waals surface area contributed by atoms with Gasteiger partial charge in [-0.15, -0.1) is 0 Å². The van der Waals surface area contributed by atoms with Crippen molar-refractivity contribution in [1.29, 1.82) is 0 Å².